The van der Waals surface area contributed by atoms with E-state index in [2.05, 4.69) is 4.98 Å². The molecule has 2 amide bonds. The van der Waals surface area contributed by atoms with Crippen molar-refractivity contribution < 1.29 is 33.1 Å². The number of hydrogen-bond donors (Lipinski definition) is 1. The number of carbonyl (C=O) groups is 5. The maximum Gasteiger partial charge on any atom is 0.338 e. The number of carbonyl (C=O) groups excluding carboxylic acids is 5. The van der Waals surface area contributed by atoms with E-state index in [1.54, 1.807) is 26.0 Å². The summed E-state index contributed by atoms with van der Waals surface area (Å²) < 4.78 is 10.3. The molecule has 0 aliphatic carbocycles. The first-order valence-corrected chi connectivity index (χ1v) is 10.1. The summed E-state index contributed by atoms with van der Waals surface area (Å²) in [5.41, 5.74) is 1.99. The lowest BCUT2D eigenvalue weighted by Gasteiger charge is -2.11. The molecule has 0 saturated carbocycles. The Morgan fingerprint density at radius 1 is 1.06 bits per heavy atom. The van der Waals surface area contributed by atoms with E-state index >= 15 is 0 Å². The zero-order chi connectivity index (χ0) is 23.9. The molecule has 1 aliphatic rings. The van der Waals surface area contributed by atoms with Gasteiger partial charge in [-0.2, -0.15) is 0 Å². The van der Waals surface area contributed by atoms with Crippen molar-refractivity contribution >= 4 is 29.4 Å². The molecule has 0 radical (unpaired) electrons. The number of ketones is 2. The predicted octanol–water partition coefficient (Wildman–Crippen LogP) is 3.26. The lowest BCUT2D eigenvalue weighted by Crippen LogP contribution is -2.28. The number of imide groups is 1. The molecule has 33 heavy (non-hydrogen) atoms. The van der Waals surface area contributed by atoms with Gasteiger partial charge in [0.1, 0.15) is 5.76 Å². The first-order chi connectivity index (χ1) is 15.7. The van der Waals surface area contributed by atoms with Crippen molar-refractivity contribution in [3.63, 3.8) is 0 Å². The van der Waals surface area contributed by atoms with Gasteiger partial charge in [-0.25, -0.2) is 4.79 Å². The van der Waals surface area contributed by atoms with Crippen LogP contribution < -0.4 is 0 Å². The van der Waals surface area contributed by atoms with E-state index in [0.29, 0.717) is 22.6 Å². The highest BCUT2D eigenvalue weighted by molar-refractivity contribution is 6.21. The molecule has 0 saturated heterocycles. The molecule has 0 unspecified atom stereocenters. The molecule has 9 heteroatoms. The Kier molecular flexibility index (Phi) is 5.55. The SMILES string of the molecule is CC(=O)c1c(C)[nH]c(C(=O)COC(=O)c2ccc3c(c2)C(=O)N(Cc2ccco2)C3=O)c1C. The third-order valence-corrected chi connectivity index (χ3v) is 5.50. The van der Waals surface area contributed by atoms with Crippen LogP contribution in [0.1, 0.15) is 75.9 Å². The Labute approximate surface area is 188 Å². The number of hydrogen-bond acceptors (Lipinski definition) is 7. The van der Waals surface area contributed by atoms with Gasteiger partial charge in [0.15, 0.2) is 12.4 Å². The van der Waals surface area contributed by atoms with Crippen LogP contribution in [0.5, 0.6) is 0 Å². The topological polar surface area (TPSA) is 127 Å². The minimum absolute atomic E-state index is 0.0230. The van der Waals surface area contributed by atoms with Gasteiger partial charge in [0.05, 0.1) is 35.2 Å². The number of aromatic nitrogens is 1. The van der Waals surface area contributed by atoms with E-state index in [1.165, 1.54) is 31.4 Å². The predicted molar refractivity (Wildman–Crippen MR) is 114 cm³/mol. The third-order valence-electron chi connectivity index (χ3n) is 5.50. The smallest absolute Gasteiger partial charge is 0.338 e. The number of nitrogens with one attached hydrogen (secondary N) is 1. The summed E-state index contributed by atoms with van der Waals surface area (Å²) in [4.78, 5) is 66.0. The van der Waals surface area contributed by atoms with Crippen molar-refractivity contribution in [3.8, 4) is 0 Å². The number of Topliss-reactive ketones (excluding diaryl/α,β-unsaturated/α-hetero) is 2. The van der Waals surface area contributed by atoms with Gasteiger partial charge in [-0.15, -0.1) is 0 Å². The minimum Gasteiger partial charge on any atom is -0.467 e. The number of furan rings is 1. The molecule has 1 aromatic carbocycles. The fraction of sp³-hybridized carbons (Fsp3) is 0.208. The molecular formula is C24H20N2O7. The number of fused-ring (bicyclic) bond motifs is 1. The molecular weight excluding hydrogens is 428 g/mol. The number of ether oxygens (including phenoxy) is 1. The molecule has 9 nitrogen and oxygen atoms in total. The van der Waals surface area contributed by atoms with Crippen LogP contribution in [0.15, 0.2) is 41.0 Å². The van der Waals surface area contributed by atoms with Gasteiger partial charge in [-0.05, 0) is 56.7 Å². The Bertz CT molecular complexity index is 1310. The molecule has 3 heterocycles. The van der Waals surface area contributed by atoms with Crippen molar-refractivity contribution in [2.75, 3.05) is 6.61 Å². The summed E-state index contributed by atoms with van der Waals surface area (Å²) in [6.45, 7) is 4.17. The number of aromatic amines is 1. The van der Waals surface area contributed by atoms with E-state index in [-0.39, 0.29) is 34.7 Å². The number of esters is 1. The number of rotatable bonds is 7. The molecule has 168 valence electrons. The average Bonchev–Trinajstić information content (AvgIpc) is 3.46. The molecule has 1 N–H and O–H groups in total. The number of amides is 2. The molecule has 2 aromatic heterocycles. The van der Waals surface area contributed by atoms with Gasteiger partial charge in [0.25, 0.3) is 11.8 Å². The number of nitrogens with zero attached hydrogens (tertiary/aromatic N) is 1. The normalized spacial score (nSPS) is 12.8. The third kappa shape index (κ3) is 3.89. The van der Waals surface area contributed by atoms with Crippen LogP contribution in [-0.2, 0) is 11.3 Å². The lowest BCUT2D eigenvalue weighted by atomic mass is 10.1. The summed E-state index contributed by atoms with van der Waals surface area (Å²) in [7, 11) is 0. The van der Waals surface area contributed by atoms with E-state index in [1.807, 2.05) is 0 Å². The Morgan fingerprint density at radius 2 is 1.79 bits per heavy atom. The van der Waals surface area contributed by atoms with Gasteiger partial charge in [0, 0.05) is 11.3 Å². The maximum absolute atomic E-state index is 12.7. The molecule has 0 spiro atoms. The highest BCUT2D eigenvalue weighted by Crippen LogP contribution is 2.26. The second kappa shape index (κ2) is 8.34. The van der Waals surface area contributed by atoms with E-state index in [9.17, 15) is 24.0 Å². The van der Waals surface area contributed by atoms with Crippen molar-refractivity contribution in [3.05, 3.63) is 81.6 Å². The monoisotopic (exact) mass is 448 g/mol. The fourth-order valence-electron chi connectivity index (χ4n) is 3.96. The van der Waals surface area contributed by atoms with E-state index in [0.717, 1.165) is 4.90 Å². The molecule has 0 atom stereocenters. The van der Waals surface area contributed by atoms with Crippen LogP contribution in [0, 0.1) is 13.8 Å². The summed E-state index contributed by atoms with van der Waals surface area (Å²) in [6, 6.07) is 7.33. The Balaban J connectivity index is 1.47. The summed E-state index contributed by atoms with van der Waals surface area (Å²) in [5, 5.41) is 0. The van der Waals surface area contributed by atoms with Gasteiger partial charge in [-0.1, -0.05) is 0 Å². The largest absolute Gasteiger partial charge is 0.467 e. The Morgan fingerprint density at radius 3 is 2.42 bits per heavy atom. The van der Waals surface area contributed by atoms with Crippen molar-refractivity contribution in [2.45, 2.75) is 27.3 Å². The molecule has 1 aliphatic heterocycles. The summed E-state index contributed by atoms with van der Waals surface area (Å²) >= 11 is 0. The van der Waals surface area contributed by atoms with Gasteiger partial charge in [0.2, 0.25) is 5.78 Å². The van der Waals surface area contributed by atoms with Crippen LogP contribution in [0.2, 0.25) is 0 Å². The second-order valence-electron chi connectivity index (χ2n) is 7.72. The quantitative estimate of drug-likeness (QED) is 0.334. The highest BCUT2D eigenvalue weighted by atomic mass is 16.5. The van der Waals surface area contributed by atoms with Gasteiger partial charge in [-0.3, -0.25) is 24.1 Å². The molecule has 3 aromatic rings. The van der Waals surface area contributed by atoms with Crippen LogP contribution >= 0.6 is 0 Å². The first-order valence-electron chi connectivity index (χ1n) is 10.1. The fourth-order valence-corrected chi connectivity index (χ4v) is 3.96. The van der Waals surface area contributed by atoms with Crippen LogP contribution in [-0.4, -0.2) is 45.8 Å². The van der Waals surface area contributed by atoms with Crippen molar-refractivity contribution in [1.82, 2.24) is 9.88 Å². The van der Waals surface area contributed by atoms with E-state index < -0.39 is 30.2 Å². The van der Waals surface area contributed by atoms with Crippen LogP contribution in [0.3, 0.4) is 0 Å². The van der Waals surface area contributed by atoms with Crippen molar-refractivity contribution in [1.29, 1.82) is 0 Å². The minimum atomic E-state index is -0.816. The van der Waals surface area contributed by atoms with Gasteiger partial charge >= 0.3 is 5.97 Å². The van der Waals surface area contributed by atoms with Crippen LogP contribution in [0.4, 0.5) is 0 Å². The average molecular weight is 448 g/mol. The Hall–Kier alpha value is -4.27. The zero-order valence-corrected chi connectivity index (χ0v) is 18.2. The standard InChI is InChI=1S/C24H20N2O7/c1-12-20(14(3)27)13(2)25-21(12)19(28)11-33-24(31)15-6-7-17-18(9-15)23(30)26(22(17)29)10-16-5-4-8-32-16/h4-9,25H,10-11H2,1-3H3. The number of H-pyrrole nitrogens is 1. The zero-order valence-electron chi connectivity index (χ0n) is 18.2. The van der Waals surface area contributed by atoms with Crippen LogP contribution in [0.25, 0.3) is 0 Å². The van der Waals surface area contributed by atoms with Gasteiger partial charge < -0.3 is 14.1 Å². The van der Waals surface area contributed by atoms with Crippen molar-refractivity contribution in [2.24, 2.45) is 0 Å². The van der Waals surface area contributed by atoms with E-state index in [4.69, 9.17) is 9.15 Å². The summed E-state index contributed by atoms with van der Waals surface area (Å²) in [6.07, 6.45) is 1.44. The molecule has 0 bridgehead atoms. The lowest BCUT2D eigenvalue weighted by molar-refractivity contribution is 0.0473. The molecule has 0 fully saturated rings. The number of aryl methyl sites for hydroxylation is 1. The highest BCUT2D eigenvalue weighted by Gasteiger charge is 2.36. The first kappa shape index (κ1) is 21.9. The summed E-state index contributed by atoms with van der Waals surface area (Å²) in [5.74, 6) is -2.06. The maximum atomic E-state index is 12.7. The number of benzene rings is 1. The second-order valence-corrected chi connectivity index (χ2v) is 7.72. The molecule has 4 rings (SSSR count).